The summed E-state index contributed by atoms with van der Waals surface area (Å²) in [6, 6.07) is 8.36. The van der Waals surface area contributed by atoms with Crippen LogP contribution in [-0.2, 0) is 0 Å². The van der Waals surface area contributed by atoms with E-state index < -0.39 is 23.1 Å². The van der Waals surface area contributed by atoms with Gasteiger partial charge in [-0.1, -0.05) is 29.5 Å². The van der Waals surface area contributed by atoms with Crippen molar-refractivity contribution in [3.05, 3.63) is 69.7 Å². The fraction of sp³-hybridized carbons (Fsp3) is 0.143. The summed E-state index contributed by atoms with van der Waals surface area (Å²) in [7, 11) is 0. The zero-order valence-electron chi connectivity index (χ0n) is 14.4. The minimum atomic E-state index is -0.931. The lowest BCUT2D eigenvalue weighted by Crippen LogP contribution is -2.16. The smallest absolute Gasteiger partial charge is 0.262 e. The Morgan fingerprint density at radius 2 is 1.96 bits per heavy atom. The van der Waals surface area contributed by atoms with Gasteiger partial charge >= 0.3 is 0 Å². The fourth-order valence-electron chi connectivity index (χ4n) is 2.52. The van der Waals surface area contributed by atoms with Crippen molar-refractivity contribution in [2.75, 3.05) is 5.32 Å². The highest BCUT2D eigenvalue weighted by Gasteiger charge is 2.19. The lowest BCUT2D eigenvalue weighted by molar-refractivity contribution is 0.101. The van der Waals surface area contributed by atoms with E-state index >= 15 is 0 Å². The molecule has 0 unspecified atom stereocenters. The van der Waals surface area contributed by atoms with Gasteiger partial charge in [-0.3, -0.25) is 4.79 Å². The summed E-state index contributed by atoms with van der Waals surface area (Å²) in [4.78, 5) is 18.0. The maximum atomic E-state index is 13.7. The second-order valence-electron chi connectivity index (χ2n) is 6.31. The molecule has 3 aromatic rings. The molecule has 0 atom stereocenters. The third-order valence-corrected chi connectivity index (χ3v) is 5.63. The van der Waals surface area contributed by atoms with Crippen LogP contribution >= 0.6 is 22.9 Å². The number of hydrogen-bond donors (Lipinski definition) is 1. The SMILES string of the molecule is O=C(Nc1ccc(-c2sc(C#CC3CC3)cc2Cl)cn1)c1c(F)cccc1F. The van der Waals surface area contributed by atoms with E-state index in [0.29, 0.717) is 10.9 Å². The molecule has 1 aliphatic carbocycles. The van der Waals surface area contributed by atoms with Crippen LogP contribution in [0.5, 0.6) is 0 Å². The van der Waals surface area contributed by atoms with E-state index in [-0.39, 0.29) is 5.82 Å². The number of halogens is 3. The molecule has 1 aromatic carbocycles. The summed E-state index contributed by atoms with van der Waals surface area (Å²) in [5.41, 5.74) is 0.123. The van der Waals surface area contributed by atoms with Crippen LogP contribution in [0.25, 0.3) is 10.4 Å². The predicted molar refractivity (Wildman–Crippen MR) is 106 cm³/mol. The highest BCUT2D eigenvalue weighted by atomic mass is 35.5. The monoisotopic (exact) mass is 414 g/mol. The van der Waals surface area contributed by atoms with Crippen molar-refractivity contribution >= 4 is 34.7 Å². The Hall–Kier alpha value is -2.75. The van der Waals surface area contributed by atoms with E-state index in [1.165, 1.54) is 17.4 Å². The van der Waals surface area contributed by atoms with Crippen LogP contribution in [0.15, 0.2) is 42.6 Å². The molecule has 1 fully saturated rings. The standard InChI is InChI=1S/C21H13ClF2N2OS/c22-15-10-14(8-6-12-4-5-12)28-20(15)13-7-9-18(25-11-13)26-21(27)19-16(23)2-1-3-17(19)24/h1-3,7,9-12H,4-5H2,(H,25,26,27). The second kappa shape index (κ2) is 7.70. The van der Waals surface area contributed by atoms with Gasteiger partial charge in [-0.05, 0) is 43.2 Å². The number of benzene rings is 1. The van der Waals surface area contributed by atoms with Crippen LogP contribution in [-0.4, -0.2) is 10.9 Å². The van der Waals surface area contributed by atoms with Gasteiger partial charge in [0.15, 0.2) is 0 Å². The van der Waals surface area contributed by atoms with E-state index in [9.17, 15) is 13.6 Å². The normalized spacial score (nSPS) is 13.0. The van der Waals surface area contributed by atoms with Gasteiger partial charge in [0.05, 0.1) is 14.8 Å². The minimum absolute atomic E-state index is 0.179. The molecule has 1 amide bonds. The summed E-state index contributed by atoms with van der Waals surface area (Å²) in [5.74, 6) is 4.26. The molecule has 2 heterocycles. The molecule has 2 aromatic heterocycles. The maximum Gasteiger partial charge on any atom is 0.262 e. The number of rotatable bonds is 3. The van der Waals surface area contributed by atoms with E-state index in [0.717, 1.165) is 40.3 Å². The largest absolute Gasteiger partial charge is 0.306 e. The van der Waals surface area contributed by atoms with Crippen molar-refractivity contribution in [1.82, 2.24) is 4.98 Å². The molecule has 140 valence electrons. The molecule has 0 saturated heterocycles. The van der Waals surface area contributed by atoms with Crippen molar-refractivity contribution in [2.24, 2.45) is 5.92 Å². The topological polar surface area (TPSA) is 42.0 Å². The number of carbonyl (C=O) groups excluding carboxylic acids is 1. The second-order valence-corrected chi connectivity index (χ2v) is 7.77. The quantitative estimate of drug-likeness (QED) is 0.554. The number of hydrogen-bond acceptors (Lipinski definition) is 3. The Labute approximate surface area is 169 Å². The van der Waals surface area contributed by atoms with Gasteiger partial charge in [-0.2, -0.15) is 0 Å². The molecule has 1 aliphatic rings. The maximum absolute atomic E-state index is 13.7. The Morgan fingerprint density at radius 3 is 2.61 bits per heavy atom. The van der Waals surface area contributed by atoms with Crippen LogP contribution < -0.4 is 5.32 Å². The summed E-state index contributed by atoms with van der Waals surface area (Å²) in [5, 5.41) is 2.98. The van der Waals surface area contributed by atoms with Crippen LogP contribution in [0.4, 0.5) is 14.6 Å². The molecule has 3 nitrogen and oxygen atoms in total. The first-order chi connectivity index (χ1) is 13.5. The van der Waals surface area contributed by atoms with Crippen molar-refractivity contribution in [3.63, 3.8) is 0 Å². The number of carbonyl (C=O) groups is 1. The van der Waals surface area contributed by atoms with E-state index in [1.807, 2.05) is 6.07 Å². The number of amides is 1. The highest BCUT2D eigenvalue weighted by Crippen LogP contribution is 2.36. The van der Waals surface area contributed by atoms with Crippen molar-refractivity contribution in [3.8, 4) is 22.3 Å². The summed E-state index contributed by atoms with van der Waals surface area (Å²) < 4.78 is 27.4. The molecule has 0 radical (unpaired) electrons. The average molecular weight is 415 g/mol. The third kappa shape index (κ3) is 4.06. The number of aromatic nitrogens is 1. The average Bonchev–Trinajstić information content (AvgIpc) is 3.42. The lowest BCUT2D eigenvalue weighted by Gasteiger charge is -2.07. The molecule has 4 rings (SSSR count). The molecule has 28 heavy (non-hydrogen) atoms. The number of nitrogens with zero attached hydrogens (tertiary/aromatic N) is 1. The number of thiophene rings is 1. The van der Waals surface area contributed by atoms with E-state index in [2.05, 4.69) is 22.1 Å². The van der Waals surface area contributed by atoms with Crippen molar-refractivity contribution < 1.29 is 13.6 Å². The Morgan fingerprint density at radius 1 is 1.21 bits per heavy atom. The predicted octanol–water partition coefficient (Wildman–Crippen LogP) is 5.76. The molecule has 1 N–H and O–H groups in total. The Kier molecular flexibility index (Phi) is 5.12. The zero-order chi connectivity index (χ0) is 19.7. The van der Waals surface area contributed by atoms with Gasteiger partial charge < -0.3 is 5.32 Å². The summed E-state index contributed by atoms with van der Waals surface area (Å²) in [6.07, 6.45) is 3.86. The summed E-state index contributed by atoms with van der Waals surface area (Å²) >= 11 is 7.78. The first-order valence-corrected chi connectivity index (χ1v) is 9.73. The molecular weight excluding hydrogens is 402 g/mol. The molecule has 0 aliphatic heterocycles. The van der Waals surface area contributed by atoms with Crippen LogP contribution in [0.1, 0.15) is 28.1 Å². The number of nitrogens with one attached hydrogen (secondary N) is 1. The zero-order valence-corrected chi connectivity index (χ0v) is 16.0. The highest BCUT2D eigenvalue weighted by molar-refractivity contribution is 7.16. The first kappa shape index (κ1) is 18.6. The van der Waals surface area contributed by atoms with E-state index in [1.54, 1.807) is 18.3 Å². The molecule has 0 spiro atoms. The fourth-order valence-corrected chi connectivity index (χ4v) is 3.82. The van der Waals surface area contributed by atoms with Gasteiger partial charge in [-0.15, -0.1) is 11.3 Å². The number of pyridine rings is 1. The molecule has 7 heteroatoms. The molecular formula is C21H13ClF2N2OS. The van der Waals surface area contributed by atoms with Crippen molar-refractivity contribution in [2.45, 2.75) is 12.8 Å². The first-order valence-electron chi connectivity index (χ1n) is 8.54. The third-order valence-electron chi connectivity index (χ3n) is 4.12. The lowest BCUT2D eigenvalue weighted by atomic mass is 10.2. The van der Waals surface area contributed by atoms with Crippen LogP contribution in [0, 0.1) is 29.4 Å². The van der Waals surface area contributed by atoms with E-state index in [4.69, 9.17) is 11.6 Å². The molecule has 0 bridgehead atoms. The van der Waals surface area contributed by atoms with Gasteiger partial charge in [0.2, 0.25) is 0 Å². The van der Waals surface area contributed by atoms with Crippen LogP contribution in [0.2, 0.25) is 5.02 Å². The van der Waals surface area contributed by atoms with Crippen LogP contribution in [0.3, 0.4) is 0 Å². The van der Waals surface area contributed by atoms with Gasteiger partial charge in [0, 0.05) is 17.7 Å². The Balaban J connectivity index is 1.51. The van der Waals surface area contributed by atoms with Gasteiger partial charge in [-0.25, -0.2) is 13.8 Å². The number of anilines is 1. The molecule has 1 saturated carbocycles. The Bertz CT molecular complexity index is 1090. The van der Waals surface area contributed by atoms with Gasteiger partial charge in [0.25, 0.3) is 5.91 Å². The van der Waals surface area contributed by atoms with Crippen molar-refractivity contribution in [1.29, 1.82) is 0 Å². The minimum Gasteiger partial charge on any atom is -0.306 e. The van der Waals surface area contributed by atoms with Gasteiger partial charge in [0.1, 0.15) is 23.0 Å². The summed E-state index contributed by atoms with van der Waals surface area (Å²) in [6.45, 7) is 0.